The van der Waals surface area contributed by atoms with E-state index in [9.17, 15) is 0 Å². The summed E-state index contributed by atoms with van der Waals surface area (Å²) in [6.45, 7) is 39.9. The number of anilines is 4. The number of hydrogen-bond acceptors (Lipinski definition) is 28. The van der Waals surface area contributed by atoms with Crippen LogP contribution < -0.4 is 31.9 Å². The third kappa shape index (κ3) is 18.0. The first-order valence-electron chi connectivity index (χ1n) is 43.5. The molecule has 0 bridgehead atoms. The molecule has 18 aromatic heterocycles. The second-order valence-corrected chi connectivity index (χ2v) is 43.8. The van der Waals surface area contributed by atoms with Gasteiger partial charge in [-0.3, -0.25) is 28.7 Å². The first kappa shape index (κ1) is 90.0. The minimum atomic E-state index is 0.227. The summed E-state index contributed by atoms with van der Waals surface area (Å²) in [6.07, 6.45) is 6.57. The van der Waals surface area contributed by atoms with Crippen LogP contribution >= 0.6 is 114 Å². The van der Waals surface area contributed by atoms with E-state index in [-0.39, 0.29) is 5.41 Å². The molecule has 1 saturated carbocycles. The normalized spacial score (nSPS) is 15.5. The van der Waals surface area contributed by atoms with Crippen LogP contribution in [0.1, 0.15) is 146 Å². The van der Waals surface area contributed by atoms with Gasteiger partial charge in [0, 0.05) is 126 Å². The molecule has 18 aromatic rings. The Hall–Kier alpha value is -9.55. The molecule has 23 rings (SSSR count). The molecule has 0 radical (unpaired) electrons. The van der Waals surface area contributed by atoms with Crippen LogP contribution in [0.3, 0.4) is 0 Å². The number of pyridine rings is 6. The lowest BCUT2D eigenvalue weighted by atomic mass is 9.97. The van der Waals surface area contributed by atoms with Gasteiger partial charge in [-0.2, -0.15) is 20.4 Å². The summed E-state index contributed by atoms with van der Waals surface area (Å²) >= 11 is 31.2. The van der Waals surface area contributed by atoms with E-state index in [1.807, 2.05) is 93.7 Å². The van der Waals surface area contributed by atoms with Crippen molar-refractivity contribution in [3.63, 3.8) is 0 Å². The average molecular weight is 1920 g/mol. The monoisotopic (exact) mass is 1920 g/mol. The average Bonchev–Trinajstić information content (AvgIpc) is 1.62. The van der Waals surface area contributed by atoms with Crippen LogP contribution in [0.25, 0.3) is 102 Å². The molecule has 129 heavy (non-hydrogen) atoms. The molecule has 35 heteroatoms. The van der Waals surface area contributed by atoms with Crippen LogP contribution in [0.5, 0.6) is 0 Å². The topological polar surface area (TPSA) is 271 Å². The summed E-state index contributed by atoms with van der Waals surface area (Å²) in [5.41, 5.74) is 20.5. The number of nitrogens with zero attached hydrogens (tertiary/aromatic N) is 17. The van der Waals surface area contributed by atoms with E-state index in [0.717, 1.165) is 210 Å². The van der Waals surface area contributed by atoms with Crippen LogP contribution in [0, 0.1) is 94.4 Å². The predicted molar refractivity (Wildman–Crippen MR) is 545 cm³/mol. The second-order valence-electron chi connectivity index (χ2n) is 35.6. The maximum absolute atomic E-state index is 6.38. The fourth-order valence-electron chi connectivity index (χ4n) is 17.5. The molecule has 2 atom stereocenters. The van der Waals surface area contributed by atoms with Crippen molar-refractivity contribution in [2.75, 3.05) is 67.7 Å². The molecule has 0 aromatic carbocycles. The van der Waals surface area contributed by atoms with Crippen molar-refractivity contribution >= 4 is 251 Å². The Kier molecular flexibility index (Phi) is 25.5. The van der Waals surface area contributed by atoms with Gasteiger partial charge >= 0.3 is 0 Å². The van der Waals surface area contributed by atoms with Crippen LogP contribution in [0.4, 0.5) is 23.3 Å². The summed E-state index contributed by atoms with van der Waals surface area (Å²) in [7, 11) is 10.2. The number of furan rings is 1. The van der Waals surface area contributed by atoms with Crippen molar-refractivity contribution < 1.29 is 9.15 Å². The van der Waals surface area contributed by atoms with Crippen molar-refractivity contribution in [3.05, 3.63) is 168 Å². The Morgan fingerprint density at radius 2 is 0.899 bits per heavy atom. The third-order valence-electron chi connectivity index (χ3n) is 24.0. The summed E-state index contributed by atoms with van der Waals surface area (Å²) in [6, 6.07) is 15.3. The molecule has 5 aliphatic rings. The number of aliphatic imine (C=N–C) groups is 2. The van der Waals surface area contributed by atoms with Gasteiger partial charge in [-0.15, -0.1) is 79.4 Å². The van der Waals surface area contributed by atoms with E-state index in [2.05, 4.69) is 199 Å². The van der Waals surface area contributed by atoms with Crippen molar-refractivity contribution in [1.82, 2.24) is 84.6 Å². The largest absolute Gasteiger partial charge is 0.467 e. The molecule has 22 heterocycles. The number of likely N-dealkylation sites (N-methyl/N-ethyl adjacent to an activating group) is 1. The molecule has 0 amide bonds. The zero-order valence-corrected chi connectivity index (χ0v) is 84.2. The van der Waals surface area contributed by atoms with Gasteiger partial charge < -0.3 is 46.0 Å². The zero-order chi connectivity index (χ0) is 90.6. The smallest absolute Gasteiger partial charge is 0.166 e. The minimum Gasteiger partial charge on any atom is -0.467 e. The van der Waals surface area contributed by atoms with Gasteiger partial charge in [-0.05, 0) is 209 Å². The van der Waals surface area contributed by atoms with Crippen molar-refractivity contribution in [3.8, 4) is 0 Å². The van der Waals surface area contributed by atoms with E-state index < -0.39 is 0 Å². The fourth-order valence-corrected chi connectivity index (χ4v) is 26.2. The molecule has 1 aliphatic carbocycles. The molecule has 2 unspecified atom stereocenters. The first-order chi connectivity index (χ1) is 61.8. The highest BCUT2D eigenvalue weighted by molar-refractivity contribution is 7.27. The number of aromatic nitrogens is 14. The Morgan fingerprint density at radius 1 is 0.465 bits per heavy atom. The van der Waals surface area contributed by atoms with Gasteiger partial charge in [0.2, 0.25) is 0 Å². The van der Waals surface area contributed by atoms with E-state index in [1.165, 1.54) is 119 Å². The number of nitrogens with one attached hydrogen (secondary N) is 6. The number of ether oxygens (including phenoxy) is 1. The number of thiophene rings is 7. The number of rotatable bonds is 13. The van der Waals surface area contributed by atoms with Crippen LogP contribution in [-0.2, 0) is 59.1 Å². The summed E-state index contributed by atoms with van der Waals surface area (Å²) < 4.78 is 23.5. The number of fused-ring (bicyclic) bond motifs is 18. The van der Waals surface area contributed by atoms with E-state index >= 15 is 0 Å². The number of likely N-dealkylation sites (tertiary alicyclic amines) is 1. The Morgan fingerprint density at radius 3 is 1.33 bits per heavy atom. The van der Waals surface area contributed by atoms with E-state index in [1.54, 1.807) is 85.6 Å². The highest BCUT2D eigenvalue weighted by atomic mass is 35.5. The fraction of sp³-hybridized carbons (Fsp3) is 0.404. The number of hydrogen-bond donors (Lipinski definition) is 6. The van der Waals surface area contributed by atoms with Gasteiger partial charge in [0.05, 0.1) is 128 Å². The second kappa shape index (κ2) is 36.5. The number of amidine groups is 2. The molecule has 25 nitrogen and oxygen atoms in total. The molecule has 3 fully saturated rings. The lowest BCUT2D eigenvalue weighted by molar-refractivity contribution is 0.195. The SMILES string of the molecule is Cc1cc(C)c2c(n1)sc1c(NC3CCN(C)C3)nn(C)c12.Cc1cc(C)c2c(n1)sc1c(NC3CCOC3)nn(C)c12.Cc1cc(C)c2c(n1)sc1c(NCC(C)(C)C)nn(C)c12.Cc1nc2sc3c(NCC4CC4)nn(C)c3c2c(C)c1Cl.Cc1nc2sc3c(c2c(C)c1Cl)CN=C3NCc1ccco1.Cc1nc2sc3c(c2c(C)c1Cl)CN=C3NCc1cccs1. The number of halogens is 3. The molecule has 6 N–H and O–H groups in total. The molecule has 672 valence electrons. The molecule has 0 spiro atoms. The lowest BCUT2D eigenvalue weighted by Gasteiger charge is -2.18. The lowest BCUT2D eigenvalue weighted by Crippen LogP contribution is -2.23. The maximum Gasteiger partial charge on any atom is 0.166 e. The van der Waals surface area contributed by atoms with Gasteiger partial charge in [0.25, 0.3) is 0 Å². The zero-order valence-electron chi connectivity index (χ0n) is 76.2. The maximum atomic E-state index is 6.38. The quantitative estimate of drug-likeness (QED) is 0.0626. The summed E-state index contributed by atoms with van der Waals surface area (Å²) in [5.74, 6) is 7.56. The predicted octanol–water partition coefficient (Wildman–Crippen LogP) is 23.3. The van der Waals surface area contributed by atoms with Crippen molar-refractivity contribution in [1.29, 1.82) is 0 Å². The highest BCUT2D eigenvalue weighted by Crippen LogP contribution is 2.47. The molecular formula is C94H106Cl3N23O2S7. The van der Waals surface area contributed by atoms with Crippen molar-refractivity contribution in [2.45, 2.75) is 168 Å². The highest BCUT2D eigenvalue weighted by Gasteiger charge is 2.32. The Balaban J connectivity index is 0.000000104. The molecule has 2 saturated heterocycles. The van der Waals surface area contributed by atoms with Gasteiger partial charge in [-0.1, -0.05) is 61.6 Å². The molecular weight excluding hydrogens is 1810 g/mol. The van der Waals surface area contributed by atoms with Gasteiger partial charge in [0.15, 0.2) is 23.3 Å². The third-order valence-corrected chi connectivity index (χ3v) is 33.2. The summed E-state index contributed by atoms with van der Waals surface area (Å²) in [5, 5.41) is 51.2. The minimum absolute atomic E-state index is 0.227. The van der Waals surface area contributed by atoms with E-state index in [0.29, 0.717) is 31.7 Å². The molecule has 4 aliphatic heterocycles. The number of aryl methyl sites for hydroxylation is 16. The first-order valence-corrected chi connectivity index (χ1v) is 50.4. The van der Waals surface area contributed by atoms with Crippen LogP contribution in [0.15, 0.2) is 68.5 Å². The Bertz CT molecular complexity index is 7270. The Labute approximate surface area is 791 Å². The van der Waals surface area contributed by atoms with Gasteiger partial charge in [-0.25, -0.2) is 29.9 Å². The van der Waals surface area contributed by atoms with Crippen LogP contribution in [0.2, 0.25) is 15.1 Å². The van der Waals surface area contributed by atoms with Crippen LogP contribution in [-0.4, -0.2) is 144 Å². The van der Waals surface area contributed by atoms with E-state index in [4.69, 9.17) is 54.0 Å². The van der Waals surface area contributed by atoms with Gasteiger partial charge in [0.1, 0.15) is 46.4 Å². The standard InChI is InChI=1S/C16H14ClN3OS.C16H14ClN3S2.C16H21N5S.C16H22N4S.C15H17ClN4S.C15H18N4OS/c2*1-8-12-11-7-19-15(18-6-10-4-3-5-21-10)14(11)22-16(12)20-9(2)13(8)17;1-9-7-10(2)17-16-12(9)13-14(22-16)15(19-21(13)4)18-11-5-6-20(3)8-11;1-9-7-10(2)18-15-11(9)12-13(21-15)14(19-20(12)6)17-8-16(3,4)5;1-7-10-12-13(21-15(10)18-8(2)11(7)16)14(19-20(12)3)17-6-9-4-5-9;1-8-6-9(2)16-15-11(8)12-13(21-15)14(18-19(12)3)17-10-4-5-20-7-10/h2*3-5H,6-7H2,1-2H3,(H,18,19);7,11H,5-6,8H2,1-4H3,(H,18,19);7H,8H2,1-6H3,(H,17,19);9H,4-6H2,1-3H3,(H,17,19);6,10H,4-5,7H2,1-3H3,(H,17,18). The summed E-state index contributed by atoms with van der Waals surface area (Å²) in [4.78, 5) is 49.8. The van der Waals surface area contributed by atoms with Crippen molar-refractivity contribution in [2.24, 2.45) is 49.5 Å².